The molecule has 0 heterocycles. The third-order valence-corrected chi connectivity index (χ3v) is 4.34. The first kappa shape index (κ1) is 17.7. The van der Waals surface area contributed by atoms with Crippen LogP contribution in [0, 0.1) is 13.8 Å². The zero-order valence-corrected chi connectivity index (χ0v) is 15.2. The maximum Gasteiger partial charge on any atom is 0.224 e. The molecule has 0 saturated carbocycles. The van der Waals surface area contributed by atoms with Gasteiger partial charge in [0.05, 0.1) is 5.69 Å². The molecule has 0 atom stereocenters. The van der Waals surface area contributed by atoms with E-state index in [1.165, 1.54) is 16.7 Å². The number of hydrogen-bond donors (Lipinski definition) is 1. The first-order chi connectivity index (χ1) is 12.6. The average Bonchev–Trinajstić information content (AvgIpc) is 2.65. The molecule has 1 amide bonds. The lowest BCUT2D eigenvalue weighted by Crippen LogP contribution is -2.13. The van der Waals surface area contributed by atoms with Crippen LogP contribution in [-0.2, 0) is 11.2 Å². The fourth-order valence-electron chi connectivity index (χ4n) is 2.70. The average molecular weight is 345 g/mol. The summed E-state index contributed by atoms with van der Waals surface area (Å²) in [5.41, 5.74) is 4.38. The van der Waals surface area contributed by atoms with Crippen molar-refractivity contribution in [1.82, 2.24) is 0 Å². The second-order valence-corrected chi connectivity index (χ2v) is 6.38. The number of hydrogen-bond acceptors (Lipinski definition) is 2. The number of rotatable bonds is 6. The lowest BCUT2D eigenvalue weighted by molar-refractivity contribution is -0.116. The maximum absolute atomic E-state index is 12.4. The number of nitrogens with one attached hydrogen (secondary N) is 1. The van der Waals surface area contributed by atoms with Crippen LogP contribution in [0.2, 0.25) is 0 Å². The highest BCUT2D eigenvalue weighted by Gasteiger charge is 2.09. The molecule has 0 aliphatic heterocycles. The van der Waals surface area contributed by atoms with E-state index in [0.717, 1.165) is 5.75 Å². The Hall–Kier alpha value is -3.07. The maximum atomic E-state index is 12.4. The summed E-state index contributed by atoms with van der Waals surface area (Å²) in [5.74, 6) is 1.36. The van der Waals surface area contributed by atoms with Crippen molar-refractivity contribution in [2.24, 2.45) is 0 Å². The van der Waals surface area contributed by atoms with Gasteiger partial charge >= 0.3 is 0 Å². The molecule has 0 unspecified atom stereocenters. The molecule has 0 aliphatic rings. The zero-order valence-electron chi connectivity index (χ0n) is 15.2. The van der Waals surface area contributed by atoms with Gasteiger partial charge in [0.1, 0.15) is 5.75 Å². The molecule has 3 aromatic carbocycles. The van der Waals surface area contributed by atoms with E-state index >= 15 is 0 Å². The molecule has 3 heteroatoms. The number of carbonyl (C=O) groups excluding carboxylic acids is 1. The molecule has 0 spiro atoms. The van der Waals surface area contributed by atoms with Crippen LogP contribution < -0.4 is 10.1 Å². The number of ether oxygens (including phenoxy) is 1. The molecule has 3 aromatic rings. The number of carbonyl (C=O) groups is 1. The van der Waals surface area contributed by atoms with E-state index in [4.69, 9.17) is 4.74 Å². The van der Waals surface area contributed by atoms with Gasteiger partial charge in [0.25, 0.3) is 0 Å². The Bertz CT molecular complexity index is 888. The summed E-state index contributed by atoms with van der Waals surface area (Å²) in [5, 5.41) is 2.96. The molecule has 1 N–H and O–H groups in total. The highest BCUT2D eigenvalue weighted by Crippen LogP contribution is 2.29. The van der Waals surface area contributed by atoms with Gasteiger partial charge < -0.3 is 10.1 Å². The Morgan fingerprint density at radius 2 is 1.62 bits per heavy atom. The Labute approximate surface area is 154 Å². The van der Waals surface area contributed by atoms with Gasteiger partial charge in [0.2, 0.25) is 5.91 Å². The Kier molecular flexibility index (Phi) is 5.69. The van der Waals surface area contributed by atoms with Crippen LogP contribution in [0.15, 0.2) is 72.8 Å². The van der Waals surface area contributed by atoms with E-state index < -0.39 is 0 Å². The van der Waals surface area contributed by atoms with Gasteiger partial charge in [-0.05, 0) is 61.2 Å². The molecule has 0 aromatic heterocycles. The van der Waals surface area contributed by atoms with Crippen molar-refractivity contribution in [2.75, 3.05) is 5.32 Å². The monoisotopic (exact) mass is 345 g/mol. The quantitative estimate of drug-likeness (QED) is 0.625. The fraction of sp³-hybridized carbons (Fsp3) is 0.174. The van der Waals surface area contributed by atoms with Gasteiger partial charge in [-0.25, -0.2) is 0 Å². The minimum Gasteiger partial charge on any atom is -0.455 e. The standard InChI is InChI=1S/C23H23NO2/c1-17-12-13-19(16-18(17)2)14-15-23(25)24-21-10-6-7-11-22(21)26-20-8-4-3-5-9-20/h3-13,16H,14-15H2,1-2H3,(H,24,25). The summed E-state index contributed by atoms with van der Waals surface area (Å²) in [6.07, 6.45) is 1.15. The molecule has 26 heavy (non-hydrogen) atoms. The largest absolute Gasteiger partial charge is 0.455 e. The smallest absolute Gasteiger partial charge is 0.224 e. The highest BCUT2D eigenvalue weighted by molar-refractivity contribution is 5.92. The summed E-state index contributed by atoms with van der Waals surface area (Å²) in [6, 6.07) is 23.4. The summed E-state index contributed by atoms with van der Waals surface area (Å²) >= 11 is 0. The highest BCUT2D eigenvalue weighted by atomic mass is 16.5. The van der Waals surface area contributed by atoms with E-state index in [1.54, 1.807) is 0 Å². The minimum atomic E-state index is -0.0210. The second-order valence-electron chi connectivity index (χ2n) is 6.38. The SMILES string of the molecule is Cc1ccc(CCC(=O)Nc2ccccc2Oc2ccccc2)cc1C. The second kappa shape index (κ2) is 8.34. The predicted octanol–water partition coefficient (Wildman–Crippen LogP) is 5.67. The van der Waals surface area contributed by atoms with Crippen LogP contribution in [0.5, 0.6) is 11.5 Å². The van der Waals surface area contributed by atoms with Crippen molar-refractivity contribution in [3.63, 3.8) is 0 Å². The molecule has 0 saturated heterocycles. The van der Waals surface area contributed by atoms with E-state index in [2.05, 4.69) is 37.4 Å². The molecule has 0 radical (unpaired) electrons. The van der Waals surface area contributed by atoms with Crippen molar-refractivity contribution in [2.45, 2.75) is 26.7 Å². The molecule has 0 aliphatic carbocycles. The Balaban J connectivity index is 1.63. The molecule has 3 rings (SSSR count). The van der Waals surface area contributed by atoms with Gasteiger partial charge in [-0.2, -0.15) is 0 Å². The molecule has 132 valence electrons. The van der Waals surface area contributed by atoms with Crippen LogP contribution in [0.3, 0.4) is 0 Å². The number of benzene rings is 3. The molecular weight excluding hydrogens is 322 g/mol. The van der Waals surface area contributed by atoms with Crippen LogP contribution in [-0.4, -0.2) is 5.91 Å². The first-order valence-electron chi connectivity index (χ1n) is 8.80. The summed E-state index contributed by atoms with van der Waals surface area (Å²) in [4.78, 5) is 12.4. The van der Waals surface area contributed by atoms with Gasteiger partial charge in [0.15, 0.2) is 5.75 Å². The predicted molar refractivity (Wildman–Crippen MR) is 106 cm³/mol. The van der Waals surface area contributed by atoms with Crippen molar-refractivity contribution in [3.05, 3.63) is 89.5 Å². The summed E-state index contributed by atoms with van der Waals surface area (Å²) in [7, 11) is 0. The number of anilines is 1. The molecule has 0 fully saturated rings. The fourth-order valence-corrected chi connectivity index (χ4v) is 2.70. The Morgan fingerprint density at radius 3 is 2.38 bits per heavy atom. The minimum absolute atomic E-state index is 0.0210. The normalized spacial score (nSPS) is 10.4. The number of para-hydroxylation sites is 3. The van der Waals surface area contributed by atoms with E-state index in [0.29, 0.717) is 24.3 Å². The lowest BCUT2D eigenvalue weighted by Gasteiger charge is -2.12. The molecule has 0 bridgehead atoms. The van der Waals surface area contributed by atoms with Crippen LogP contribution in [0.25, 0.3) is 0 Å². The van der Waals surface area contributed by atoms with E-state index in [1.807, 2.05) is 54.6 Å². The van der Waals surface area contributed by atoms with Gasteiger partial charge in [-0.1, -0.05) is 48.5 Å². The van der Waals surface area contributed by atoms with Crippen molar-refractivity contribution < 1.29 is 9.53 Å². The van der Waals surface area contributed by atoms with Crippen molar-refractivity contribution in [1.29, 1.82) is 0 Å². The summed E-state index contributed by atoms with van der Waals surface area (Å²) in [6.45, 7) is 4.19. The first-order valence-corrected chi connectivity index (χ1v) is 8.80. The van der Waals surface area contributed by atoms with Crippen molar-refractivity contribution in [3.8, 4) is 11.5 Å². The van der Waals surface area contributed by atoms with Crippen molar-refractivity contribution >= 4 is 11.6 Å². The lowest BCUT2D eigenvalue weighted by atomic mass is 10.0. The van der Waals surface area contributed by atoms with Crippen LogP contribution >= 0.6 is 0 Å². The van der Waals surface area contributed by atoms with Gasteiger partial charge in [-0.3, -0.25) is 4.79 Å². The third-order valence-electron chi connectivity index (χ3n) is 4.34. The zero-order chi connectivity index (χ0) is 18.4. The Morgan fingerprint density at radius 1 is 0.885 bits per heavy atom. The summed E-state index contributed by atoms with van der Waals surface area (Å²) < 4.78 is 5.89. The number of amides is 1. The van der Waals surface area contributed by atoms with Crippen LogP contribution in [0.4, 0.5) is 5.69 Å². The topological polar surface area (TPSA) is 38.3 Å². The van der Waals surface area contributed by atoms with Gasteiger partial charge in [0, 0.05) is 6.42 Å². The van der Waals surface area contributed by atoms with Crippen LogP contribution in [0.1, 0.15) is 23.1 Å². The molecular formula is C23H23NO2. The number of aryl methyl sites for hydroxylation is 3. The van der Waals surface area contributed by atoms with E-state index in [-0.39, 0.29) is 5.91 Å². The van der Waals surface area contributed by atoms with E-state index in [9.17, 15) is 4.79 Å². The molecule has 3 nitrogen and oxygen atoms in total. The van der Waals surface area contributed by atoms with Gasteiger partial charge in [-0.15, -0.1) is 0 Å². The third kappa shape index (κ3) is 4.73.